The van der Waals surface area contributed by atoms with Crippen molar-refractivity contribution in [2.24, 2.45) is 0 Å². The van der Waals surface area contributed by atoms with E-state index in [0.717, 1.165) is 11.1 Å². The molecule has 3 rings (SSSR count). The fourth-order valence-electron chi connectivity index (χ4n) is 2.54. The number of aromatic nitrogens is 1. The lowest BCUT2D eigenvalue weighted by Gasteiger charge is -2.16. The van der Waals surface area contributed by atoms with E-state index < -0.39 is 0 Å². The molecule has 0 aliphatic rings. The van der Waals surface area contributed by atoms with Crippen LogP contribution in [0.5, 0.6) is 0 Å². The fourth-order valence-corrected chi connectivity index (χ4v) is 3.34. The highest BCUT2D eigenvalue weighted by Gasteiger charge is 2.16. The monoisotopic (exact) mass is 383 g/mol. The molecule has 0 aliphatic carbocycles. The van der Waals surface area contributed by atoms with Crippen molar-refractivity contribution in [2.75, 3.05) is 14.1 Å². The number of hydrogen-bond acceptors (Lipinski definition) is 4. The van der Waals surface area contributed by atoms with Crippen molar-refractivity contribution < 1.29 is 14.0 Å². The number of benzene rings is 2. The van der Waals surface area contributed by atoms with Crippen LogP contribution in [0.2, 0.25) is 0 Å². The first kappa shape index (κ1) is 18.7. The summed E-state index contributed by atoms with van der Waals surface area (Å²) in [6, 6.07) is 13.1. The zero-order valence-electron chi connectivity index (χ0n) is 14.9. The molecule has 0 aliphatic heterocycles. The molecule has 0 radical (unpaired) electrons. The minimum atomic E-state index is -0.311. The molecule has 0 fully saturated rings. The number of carbonyl (C=O) groups excluding carboxylic acids is 2. The second-order valence-electron chi connectivity index (χ2n) is 5.98. The van der Waals surface area contributed by atoms with Crippen molar-refractivity contribution >= 4 is 23.2 Å². The fraction of sp³-hybridized carbons (Fsp3) is 0.150. The molecule has 2 aromatic carbocycles. The molecule has 0 bridgehead atoms. The van der Waals surface area contributed by atoms with E-state index in [1.54, 1.807) is 48.6 Å². The normalized spacial score (nSPS) is 10.5. The third-order valence-electron chi connectivity index (χ3n) is 4.02. The summed E-state index contributed by atoms with van der Waals surface area (Å²) in [7, 11) is 3.28. The molecule has 7 heteroatoms. The van der Waals surface area contributed by atoms with Crippen molar-refractivity contribution in [2.45, 2.75) is 6.54 Å². The summed E-state index contributed by atoms with van der Waals surface area (Å²) >= 11 is 1.34. The summed E-state index contributed by atoms with van der Waals surface area (Å²) in [6.45, 7) is 0.399. The van der Waals surface area contributed by atoms with Gasteiger partial charge < -0.3 is 10.2 Å². The van der Waals surface area contributed by atoms with Crippen molar-refractivity contribution in [1.29, 1.82) is 0 Å². The zero-order chi connectivity index (χ0) is 19.4. The maximum atomic E-state index is 13.0. The number of nitrogens with one attached hydrogen (secondary N) is 1. The molecule has 1 heterocycles. The molecular weight excluding hydrogens is 365 g/mol. The summed E-state index contributed by atoms with van der Waals surface area (Å²) in [5.74, 6) is -0.662. The Kier molecular flexibility index (Phi) is 5.61. The van der Waals surface area contributed by atoms with E-state index in [1.807, 2.05) is 12.1 Å². The highest BCUT2D eigenvalue weighted by atomic mass is 32.1. The lowest BCUT2D eigenvalue weighted by molar-refractivity contribution is 0.0779. The Hall–Kier alpha value is -3.06. The van der Waals surface area contributed by atoms with Crippen molar-refractivity contribution in [1.82, 2.24) is 15.2 Å². The van der Waals surface area contributed by atoms with Crippen molar-refractivity contribution in [3.63, 3.8) is 0 Å². The van der Waals surface area contributed by atoms with Gasteiger partial charge in [-0.2, -0.15) is 0 Å². The van der Waals surface area contributed by atoms with Gasteiger partial charge in [0.1, 0.15) is 16.5 Å². The van der Waals surface area contributed by atoms with Gasteiger partial charge in [0, 0.05) is 37.1 Å². The van der Waals surface area contributed by atoms with Crippen LogP contribution in [0.3, 0.4) is 0 Å². The molecule has 0 unspecified atom stereocenters. The van der Waals surface area contributed by atoms with E-state index in [9.17, 15) is 14.0 Å². The lowest BCUT2D eigenvalue weighted by atomic mass is 10.1. The van der Waals surface area contributed by atoms with Gasteiger partial charge in [-0.15, -0.1) is 11.3 Å². The Balaban J connectivity index is 1.68. The molecule has 2 amide bonds. The smallest absolute Gasteiger partial charge is 0.273 e. The van der Waals surface area contributed by atoms with Crippen LogP contribution in [0.4, 0.5) is 4.39 Å². The third-order valence-corrected chi connectivity index (χ3v) is 4.92. The summed E-state index contributed by atoms with van der Waals surface area (Å²) in [5, 5.41) is 4.94. The van der Waals surface area contributed by atoms with Crippen LogP contribution in [0.25, 0.3) is 10.6 Å². The Morgan fingerprint density at radius 2 is 1.78 bits per heavy atom. The van der Waals surface area contributed by atoms with Crippen LogP contribution in [0.15, 0.2) is 53.9 Å². The first-order valence-corrected chi connectivity index (χ1v) is 9.14. The minimum Gasteiger partial charge on any atom is -0.355 e. The van der Waals surface area contributed by atoms with Gasteiger partial charge in [0.2, 0.25) is 0 Å². The van der Waals surface area contributed by atoms with Crippen LogP contribution in [0.1, 0.15) is 26.4 Å². The summed E-state index contributed by atoms with van der Waals surface area (Å²) < 4.78 is 13.0. The second-order valence-corrected chi connectivity index (χ2v) is 6.84. The maximum Gasteiger partial charge on any atom is 0.273 e. The predicted molar refractivity (Wildman–Crippen MR) is 103 cm³/mol. The van der Waals surface area contributed by atoms with Crippen molar-refractivity contribution in [3.8, 4) is 10.6 Å². The molecule has 0 saturated carbocycles. The topological polar surface area (TPSA) is 62.3 Å². The molecule has 0 atom stereocenters. The van der Waals surface area contributed by atoms with E-state index in [1.165, 1.54) is 23.5 Å². The molecule has 0 spiro atoms. The number of carbonyl (C=O) groups is 2. The van der Waals surface area contributed by atoms with Crippen molar-refractivity contribution in [3.05, 3.63) is 76.5 Å². The number of thiazole rings is 1. The molecule has 3 aromatic rings. The highest BCUT2D eigenvalue weighted by Crippen LogP contribution is 2.24. The van der Waals surface area contributed by atoms with Crippen LogP contribution in [-0.4, -0.2) is 35.8 Å². The van der Waals surface area contributed by atoms with Gasteiger partial charge in [-0.05, 0) is 42.0 Å². The predicted octanol–water partition coefficient (Wildman–Crippen LogP) is 3.58. The van der Waals surface area contributed by atoms with Crippen LogP contribution in [0, 0.1) is 5.82 Å². The van der Waals surface area contributed by atoms with Gasteiger partial charge in [-0.1, -0.05) is 12.1 Å². The average Bonchev–Trinajstić information content (AvgIpc) is 3.18. The SMILES string of the molecule is CNC(=O)c1ccc(CN(C)C(=O)c2csc(-c3ccc(F)cc3)n2)cc1. The Morgan fingerprint density at radius 1 is 1.11 bits per heavy atom. The number of hydrogen-bond donors (Lipinski definition) is 1. The summed E-state index contributed by atoms with van der Waals surface area (Å²) in [5.41, 5.74) is 2.60. The van der Waals surface area contributed by atoms with Gasteiger partial charge in [-0.3, -0.25) is 9.59 Å². The molecule has 0 saturated heterocycles. The van der Waals surface area contributed by atoms with E-state index in [0.29, 0.717) is 22.8 Å². The van der Waals surface area contributed by atoms with Gasteiger partial charge >= 0.3 is 0 Å². The largest absolute Gasteiger partial charge is 0.355 e. The van der Waals surface area contributed by atoms with Crippen LogP contribution < -0.4 is 5.32 Å². The first-order chi connectivity index (χ1) is 13.0. The van der Waals surface area contributed by atoms with Crippen LogP contribution >= 0.6 is 11.3 Å². The second kappa shape index (κ2) is 8.09. The van der Waals surface area contributed by atoms with Gasteiger partial charge in [-0.25, -0.2) is 9.37 Å². The summed E-state index contributed by atoms with van der Waals surface area (Å²) in [6.07, 6.45) is 0. The lowest BCUT2D eigenvalue weighted by Crippen LogP contribution is -2.26. The van der Waals surface area contributed by atoms with Gasteiger partial charge in [0.25, 0.3) is 11.8 Å². The molecule has 5 nitrogen and oxygen atoms in total. The molecule has 138 valence electrons. The van der Waals surface area contributed by atoms with Crippen LogP contribution in [-0.2, 0) is 6.54 Å². The number of amides is 2. The standard InChI is InChI=1S/C20H18FN3O2S/c1-22-18(25)14-5-3-13(4-6-14)11-24(2)20(26)17-12-27-19(23-17)15-7-9-16(21)10-8-15/h3-10,12H,11H2,1-2H3,(H,22,25). The Morgan fingerprint density at radius 3 is 2.41 bits per heavy atom. The van der Waals surface area contributed by atoms with E-state index in [-0.39, 0.29) is 17.6 Å². The first-order valence-electron chi connectivity index (χ1n) is 8.26. The summed E-state index contributed by atoms with van der Waals surface area (Å²) in [4.78, 5) is 30.1. The van der Waals surface area contributed by atoms with E-state index in [2.05, 4.69) is 10.3 Å². The highest BCUT2D eigenvalue weighted by molar-refractivity contribution is 7.13. The van der Waals surface area contributed by atoms with Gasteiger partial charge in [0.15, 0.2) is 0 Å². The number of nitrogens with zero attached hydrogens (tertiary/aromatic N) is 2. The van der Waals surface area contributed by atoms with E-state index in [4.69, 9.17) is 0 Å². The molecule has 27 heavy (non-hydrogen) atoms. The molecule has 1 aromatic heterocycles. The third kappa shape index (κ3) is 4.38. The Labute approximate surface area is 160 Å². The molecular formula is C20H18FN3O2S. The average molecular weight is 383 g/mol. The minimum absolute atomic E-state index is 0.151. The zero-order valence-corrected chi connectivity index (χ0v) is 15.7. The van der Waals surface area contributed by atoms with Gasteiger partial charge in [0.05, 0.1) is 0 Å². The quantitative estimate of drug-likeness (QED) is 0.733. The molecule has 1 N–H and O–H groups in total. The maximum absolute atomic E-state index is 13.0. The number of halogens is 1. The number of rotatable bonds is 5. The van der Waals surface area contributed by atoms with E-state index >= 15 is 0 Å². The Bertz CT molecular complexity index is 952.